The molecule has 0 saturated carbocycles. The molecular formula is C14H16N2O4. The van der Waals surface area contributed by atoms with Gasteiger partial charge < -0.3 is 18.9 Å². The van der Waals surface area contributed by atoms with E-state index in [1.807, 2.05) is 0 Å². The zero-order valence-electron chi connectivity index (χ0n) is 11.5. The van der Waals surface area contributed by atoms with Crippen molar-refractivity contribution in [3.63, 3.8) is 0 Å². The third-order valence-corrected chi connectivity index (χ3v) is 3.20. The predicted molar refractivity (Wildman–Crippen MR) is 72.5 cm³/mol. The van der Waals surface area contributed by atoms with Crippen molar-refractivity contribution < 1.29 is 18.9 Å². The van der Waals surface area contributed by atoms with Gasteiger partial charge in [-0.05, 0) is 0 Å². The van der Waals surface area contributed by atoms with Crippen LogP contribution in [0.2, 0.25) is 0 Å². The lowest BCUT2D eigenvalue weighted by molar-refractivity contribution is 0.138. The predicted octanol–water partition coefficient (Wildman–Crippen LogP) is 1.81. The standard InChI is InChI=1S/C14H16N2O4/c1-17-12-5-10-11(6-13(12)18-2)16-14(7-15-10)20-9-3-4-19-8-9/h5-7,9H,3-4,8H2,1-2H3. The zero-order chi connectivity index (χ0) is 13.9. The van der Waals surface area contributed by atoms with Gasteiger partial charge in [0.25, 0.3) is 0 Å². The summed E-state index contributed by atoms with van der Waals surface area (Å²) in [6.45, 7) is 1.34. The van der Waals surface area contributed by atoms with E-state index < -0.39 is 0 Å². The van der Waals surface area contributed by atoms with E-state index in [9.17, 15) is 0 Å². The van der Waals surface area contributed by atoms with Gasteiger partial charge in [0.1, 0.15) is 6.10 Å². The van der Waals surface area contributed by atoms with Crippen LogP contribution in [-0.4, -0.2) is 43.5 Å². The maximum absolute atomic E-state index is 5.74. The molecule has 1 aromatic heterocycles. The van der Waals surface area contributed by atoms with Gasteiger partial charge >= 0.3 is 0 Å². The second-order valence-electron chi connectivity index (χ2n) is 4.51. The number of rotatable bonds is 4. The molecular weight excluding hydrogens is 260 g/mol. The van der Waals surface area contributed by atoms with Crippen LogP contribution in [0, 0.1) is 0 Å². The topological polar surface area (TPSA) is 62.7 Å². The molecule has 0 spiro atoms. The van der Waals surface area contributed by atoms with Crippen LogP contribution in [0.3, 0.4) is 0 Å². The number of aromatic nitrogens is 2. The lowest BCUT2D eigenvalue weighted by atomic mass is 10.2. The normalized spacial score (nSPS) is 18.2. The third kappa shape index (κ3) is 2.46. The van der Waals surface area contributed by atoms with Crippen LogP contribution >= 0.6 is 0 Å². The van der Waals surface area contributed by atoms with E-state index in [0.717, 1.165) is 18.5 Å². The number of ether oxygens (including phenoxy) is 4. The average Bonchev–Trinajstić information content (AvgIpc) is 2.98. The van der Waals surface area contributed by atoms with Crippen LogP contribution in [0.4, 0.5) is 0 Å². The van der Waals surface area contributed by atoms with Crippen LogP contribution in [0.15, 0.2) is 18.3 Å². The first-order chi connectivity index (χ1) is 9.80. The van der Waals surface area contributed by atoms with Gasteiger partial charge in [0.2, 0.25) is 5.88 Å². The highest BCUT2D eigenvalue weighted by molar-refractivity contribution is 5.79. The highest BCUT2D eigenvalue weighted by atomic mass is 16.5. The minimum atomic E-state index is 0.0573. The van der Waals surface area contributed by atoms with Crippen LogP contribution < -0.4 is 14.2 Å². The van der Waals surface area contributed by atoms with Crippen molar-refractivity contribution in [2.24, 2.45) is 0 Å². The molecule has 2 heterocycles. The molecule has 6 heteroatoms. The third-order valence-electron chi connectivity index (χ3n) is 3.20. The summed E-state index contributed by atoms with van der Waals surface area (Å²) in [7, 11) is 3.18. The summed E-state index contributed by atoms with van der Waals surface area (Å²) in [5.41, 5.74) is 1.44. The van der Waals surface area contributed by atoms with E-state index in [1.54, 1.807) is 32.5 Å². The molecule has 1 aliphatic rings. The van der Waals surface area contributed by atoms with Crippen LogP contribution in [0.5, 0.6) is 17.4 Å². The Bertz CT molecular complexity index is 611. The van der Waals surface area contributed by atoms with Gasteiger partial charge in [-0.15, -0.1) is 0 Å². The number of nitrogens with zero attached hydrogens (tertiary/aromatic N) is 2. The van der Waals surface area contributed by atoms with Crippen molar-refractivity contribution in [3.05, 3.63) is 18.3 Å². The van der Waals surface area contributed by atoms with E-state index in [1.165, 1.54) is 0 Å². The minimum absolute atomic E-state index is 0.0573. The Morgan fingerprint density at radius 2 is 1.90 bits per heavy atom. The molecule has 6 nitrogen and oxygen atoms in total. The Morgan fingerprint density at radius 1 is 1.15 bits per heavy atom. The fourth-order valence-corrected chi connectivity index (χ4v) is 2.16. The van der Waals surface area contributed by atoms with Crippen LogP contribution in [0.25, 0.3) is 11.0 Å². The van der Waals surface area contributed by atoms with E-state index >= 15 is 0 Å². The summed E-state index contributed by atoms with van der Waals surface area (Å²) in [5, 5.41) is 0. The second-order valence-corrected chi connectivity index (χ2v) is 4.51. The summed E-state index contributed by atoms with van der Waals surface area (Å²) < 4.78 is 21.5. The smallest absolute Gasteiger partial charge is 0.233 e. The fraction of sp³-hybridized carbons (Fsp3) is 0.429. The van der Waals surface area contributed by atoms with Crippen molar-refractivity contribution in [2.45, 2.75) is 12.5 Å². The highest BCUT2D eigenvalue weighted by Crippen LogP contribution is 2.31. The first-order valence-electron chi connectivity index (χ1n) is 6.43. The molecule has 0 aliphatic carbocycles. The molecule has 1 unspecified atom stereocenters. The number of benzene rings is 1. The molecule has 1 atom stereocenters. The number of hydrogen-bond donors (Lipinski definition) is 0. The largest absolute Gasteiger partial charge is 0.493 e. The van der Waals surface area contributed by atoms with Crippen LogP contribution in [0.1, 0.15) is 6.42 Å². The minimum Gasteiger partial charge on any atom is -0.493 e. The van der Waals surface area contributed by atoms with Gasteiger partial charge in [-0.1, -0.05) is 0 Å². The molecule has 3 rings (SSSR count). The lowest BCUT2D eigenvalue weighted by Crippen LogP contribution is -2.16. The summed E-state index contributed by atoms with van der Waals surface area (Å²) >= 11 is 0. The van der Waals surface area contributed by atoms with Crippen molar-refractivity contribution in [1.29, 1.82) is 0 Å². The van der Waals surface area contributed by atoms with Crippen molar-refractivity contribution in [3.8, 4) is 17.4 Å². The Kier molecular flexibility index (Phi) is 3.56. The van der Waals surface area contributed by atoms with Crippen molar-refractivity contribution >= 4 is 11.0 Å². The van der Waals surface area contributed by atoms with Gasteiger partial charge in [-0.2, -0.15) is 0 Å². The molecule has 0 amide bonds. The Labute approximate surface area is 116 Å². The maximum Gasteiger partial charge on any atom is 0.233 e. The van der Waals surface area contributed by atoms with Gasteiger partial charge in [-0.25, -0.2) is 9.97 Å². The van der Waals surface area contributed by atoms with Crippen LogP contribution in [-0.2, 0) is 4.74 Å². The molecule has 106 valence electrons. The van der Waals surface area contributed by atoms with E-state index in [2.05, 4.69) is 9.97 Å². The van der Waals surface area contributed by atoms with Gasteiger partial charge in [0.15, 0.2) is 11.5 Å². The second kappa shape index (κ2) is 5.50. The quantitative estimate of drug-likeness (QED) is 0.848. The highest BCUT2D eigenvalue weighted by Gasteiger charge is 2.18. The molecule has 2 aromatic rings. The van der Waals surface area contributed by atoms with Gasteiger partial charge in [0, 0.05) is 18.6 Å². The molecule has 1 aromatic carbocycles. The Balaban J connectivity index is 1.93. The van der Waals surface area contributed by atoms with Crippen molar-refractivity contribution in [1.82, 2.24) is 9.97 Å². The first-order valence-corrected chi connectivity index (χ1v) is 6.43. The Morgan fingerprint density at radius 3 is 2.55 bits per heavy atom. The maximum atomic E-state index is 5.74. The Hall–Kier alpha value is -2.08. The lowest BCUT2D eigenvalue weighted by Gasteiger charge is -2.12. The molecule has 1 fully saturated rings. The van der Waals surface area contributed by atoms with Gasteiger partial charge in [0.05, 0.1) is 44.7 Å². The molecule has 0 radical (unpaired) electrons. The summed E-state index contributed by atoms with van der Waals surface area (Å²) in [6, 6.07) is 3.59. The summed E-state index contributed by atoms with van der Waals surface area (Å²) in [4.78, 5) is 8.79. The summed E-state index contributed by atoms with van der Waals surface area (Å²) in [6.07, 6.45) is 2.56. The fourth-order valence-electron chi connectivity index (χ4n) is 2.16. The molecule has 0 bridgehead atoms. The zero-order valence-corrected chi connectivity index (χ0v) is 11.5. The molecule has 20 heavy (non-hydrogen) atoms. The van der Waals surface area contributed by atoms with Crippen molar-refractivity contribution in [2.75, 3.05) is 27.4 Å². The van der Waals surface area contributed by atoms with E-state index in [-0.39, 0.29) is 6.10 Å². The summed E-state index contributed by atoms with van der Waals surface area (Å²) in [5.74, 6) is 1.75. The average molecular weight is 276 g/mol. The first kappa shape index (κ1) is 12.9. The SMILES string of the molecule is COc1cc2ncc(OC3CCOC3)nc2cc1OC. The number of fused-ring (bicyclic) bond motifs is 1. The number of hydrogen-bond acceptors (Lipinski definition) is 6. The molecule has 1 saturated heterocycles. The monoisotopic (exact) mass is 276 g/mol. The number of methoxy groups -OCH3 is 2. The van der Waals surface area contributed by atoms with E-state index in [4.69, 9.17) is 18.9 Å². The molecule has 0 N–H and O–H groups in total. The van der Waals surface area contributed by atoms with Gasteiger partial charge in [-0.3, -0.25) is 0 Å². The van der Waals surface area contributed by atoms with E-state index in [0.29, 0.717) is 29.5 Å². The molecule has 1 aliphatic heterocycles.